The molecular formula is C19H22ClFN4O. The molecule has 0 radical (unpaired) electrons. The van der Waals surface area contributed by atoms with Gasteiger partial charge in [0.2, 0.25) is 0 Å². The highest BCUT2D eigenvalue weighted by atomic mass is 35.5. The minimum absolute atomic E-state index is 0.259. The number of hydrogen-bond acceptors (Lipinski definition) is 4. The third-order valence-electron chi connectivity index (χ3n) is 4.64. The van der Waals surface area contributed by atoms with Gasteiger partial charge in [0.1, 0.15) is 11.0 Å². The van der Waals surface area contributed by atoms with Gasteiger partial charge < -0.3 is 15.1 Å². The number of hydrogen-bond donors (Lipinski definition) is 1. The van der Waals surface area contributed by atoms with E-state index in [-0.39, 0.29) is 22.9 Å². The van der Waals surface area contributed by atoms with Crippen molar-refractivity contribution in [3.8, 4) is 0 Å². The van der Waals surface area contributed by atoms with Gasteiger partial charge >= 0.3 is 0 Å². The predicted octanol–water partition coefficient (Wildman–Crippen LogP) is 3.12. The molecule has 0 spiro atoms. The fourth-order valence-corrected chi connectivity index (χ4v) is 3.28. The van der Waals surface area contributed by atoms with E-state index >= 15 is 0 Å². The van der Waals surface area contributed by atoms with Gasteiger partial charge in [-0.2, -0.15) is 0 Å². The summed E-state index contributed by atoms with van der Waals surface area (Å²) >= 11 is 5.85. The van der Waals surface area contributed by atoms with E-state index in [1.54, 1.807) is 12.1 Å². The summed E-state index contributed by atoms with van der Waals surface area (Å²) in [7, 11) is 2.09. The summed E-state index contributed by atoms with van der Waals surface area (Å²) in [5.74, 6) is -0.582. The smallest absolute Gasteiger partial charge is 0.251 e. The molecule has 0 unspecified atom stereocenters. The second-order valence-corrected chi connectivity index (χ2v) is 6.94. The Morgan fingerprint density at radius 2 is 1.96 bits per heavy atom. The first-order valence-electron chi connectivity index (χ1n) is 8.59. The molecule has 0 bridgehead atoms. The number of nitrogens with zero attached hydrogens (tertiary/aromatic N) is 3. The molecule has 3 rings (SSSR count). The summed E-state index contributed by atoms with van der Waals surface area (Å²) in [5.41, 5.74) is 2.15. The maximum atomic E-state index is 13.9. The lowest BCUT2D eigenvalue weighted by atomic mass is 10.0. The van der Waals surface area contributed by atoms with E-state index in [1.807, 2.05) is 6.92 Å². The second-order valence-electron chi connectivity index (χ2n) is 6.56. The Bertz CT molecular complexity index is 793. The van der Waals surface area contributed by atoms with Gasteiger partial charge in [-0.1, -0.05) is 11.6 Å². The maximum absolute atomic E-state index is 13.9. The van der Waals surface area contributed by atoms with Gasteiger partial charge in [-0.25, -0.2) is 9.37 Å². The molecule has 1 atom stereocenters. The molecule has 1 aliphatic heterocycles. The molecule has 1 aromatic carbocycles. The van der Waals surface area contributed by atoms with E-state index in [4.69, 9.17) is 11.6 Å². The number of pyridine rings is 1. The van der Waals surface area contributed by atoms with E-state index in [0.29, 0.717) is 5.56 Å². The summed E-state index contributed by atoms with van der Waals surface area (Å²) in [6.45, 7) is 5.50. The molecular weight excluding hydrogens is 355 g/mol. The summed E-state index contributed by atoms with van der Waals surface area (Å²) in [6, 6.07) is 7.52. The molecule has 1 amide bonds. The van der Waals surface area contributed by atoms with Crippen molar-refractivity contribution in [1.29, 1.82) is 0 Å². The summed E-state index contributed by atoms with van der Waals surface area (Å²) in [6.07, 6.45) is 1.49. The Morgan fingerprint density at radius 1 is 1.23 bits per heavy atom. The zero-order valence-corrected chi connectivity index (χ0v) is 15.6. The van der Waals surface area contributed by atoms with Gasteiger partial charge in [0.25, 0.3) is 5.91 Å². The lowest BCUT2D eigenvalue weighted by molar-refractivity contribution is 0.0939. The first-order chi connectivity index (χ1) is 12.4. The normalized spacial score (nSPS) is 16.4. The summed E-state index contributed by atoms with van der Waals surface area (Å²) in [5, 5.41) is 3.18. The lowest BCUT2D eigenvalue weighted by Gasteiger charge is -2.36. The number of benzene rings is 1. The standard InChI is InChI=1S/C19H22ClFN4O/c1-13(23-19(26)14-5-6-22-18(20)11-14)16-12-15(21)3-4-17(16)25-9-7-24(2)8-10-25/h3-6,11-13H,7-10H2,1-2H3,(H,23,26)/t13-/m1/s1. The highest BCUT2D eigenvalue weighted by Crippen LogP contribution is 2.28. The largest absolute Gasteiger partial charge is 0.369 e. The predicted molar refractivity (Wildman–Crippen MR) is 101 cm³/mol. The van der Waals surface area contributed by atoms with Gasteiger partial charge in [0.05, 0.1) is 6.04 Å². The van der Waals surface area contributed by atoms with Crippen LogP contribution in [0.3, 0.4) is 0 Å². The van der Waals surface area contributed by atoms with Crippen molar-refractivity contribution in [3.63, 3.8) is 0 Å². The van der Waals surface area contributed by atoms with Gasteiger partial charge in [0.15, 0.2) is 0 Å². The van der Waals surface area contributed by atoms with Crippen LogP contribution in [0, 0.1) is 5.82 Å². The number of carbonyl (C=O) groups excluding carboxylic acids is 1. The van der Waals surface area contributed by atoms with Crippen molar-refractivity contribution in [2.45, 2.75) is 13.0 Å². The first kappa shape index (κ1) is 18.6. The molecule has 5 nitrogen and oxygen atoms in total. The second kappa shape index (κ2) is 8.01. The lowest BCUT2D eigenvalue weighted by Crippen LogP contribution is -2.45. The van der Waals surface area contributed by atoms with Crippen molar-refractivity contribution >= 4 is 23.2 Å². The van der Waals surface area contributed by atoms with Crippen molar-refractivity contribution in [3.05, 3.63) is 58.6 Å². The Hall–Kier alpha value is -2.18. The number of carbonyl (C=O) groups is 1. The van der Waals surface area contributed by atoms with Gasteiger partial charge in [0, 0.05) is 49.2 Å². The zero-order valence-electron chi connectivity index (χ0n) is 14.9. The number of anilines is 1. The molecule has 1 saturated heterocycles. The molecule has 1 aliphatic rings. The Labute approximate surface area is 157 Å². The van der Waals surface area contributed by atoms with Gasteiger partial charge in [-0.05, 0) is 44.3 Å². The number of halogens is 2. The highest BCUT2D eigenvalue weighted by molar-refractivity contribution is 6.29. The minimum atomic E-state index is -0.347. The van der Waals surface area contributed by atoms with Crippen LogP contribution in [-0.2, 0) is 0 Å². The van der Waals surface area contributed by atoms with E-state index in [9.17, 15) is 9.18 Å². The molecule has 1 N–H and O–H groups in total. The number of likely N-dealkylation sites (N-methyl/N-ethyl adjacent to an activating group) is 1. The summed E-state index contributed by atoms with van der Waals surface area (Å²) in [4.78, 5) is 20.9. The van der Waals surface area contributed by atoms with E-state index in [2.05, 4.69) is 27.1 Å². The van der Waals surface area contributed by atoms with E-state index in [1.165, 1.54) is 24.4 Å². The fraction of sp³-hybridized carbons (Fsp3) is 0.368. The Kier molecular flexibility index (Phi) is 5.74. The molecule has 0 saturated carbocycles. The zero-order chi connectivity index (χ0) is 18.7. The molecule has 1 fully saturated rings. The average Bonchev–Trinajstić information content (AvgIpc) is 2.62. The monoisotopic (exact) mass is 376 g/mol. The van der Waals surface area contributed by atoms with Crippen LogP contribution in [0.5, 0.6) is 0 Å². The van der Waals surface area contributed by atoms with Crippen molar-refractivity contribution < 1.29 is 9.18 Å². The third kappa shape index (κ3) is 4.31. The molecule has 138 valence electrons. The average molecular weight is 377 g/mol. The van der Waals surface area contributed by atoms with E-state index in [0.717, 1.165) is 37.4 Å². The first-order valence-corrected chi connectivity index (χ1v) is 8.97. The van der Waals surface area contributed by atoms with Crippen LogP contribution in [0.2, 0.25) is 5.15 Å². The van der Waals surface area contributed by atoms with E-state index < -0.39 is 0 Å². The minimum Gasteiger partial charge on any atom is -0.369 e. The Balaban J connectivity index is 1.81. The van der Waals surface area contributed by atoms with Crippen LogP contribution in [-0.4, -0.2) is 49.0 Å². The number of amides is 1. The molecule has 2 aromatic rings. The molecule has 7 heteroatoms. The fourth-order valence-electron chi connectivity index (χ4n) is 3.11. The highest BCUT2D eigenvalue weighted by Gasteiger charge is 2.21. The van der Waals surface area contributed by atoms with Crippen LogP contribution in [0.1, 0.15) is 28.9 Å². The van der Waals surface area contributed by atoms with Crippen molar-refractivity contribution in [1.82, 2.24) is 15.2 Å². The van der Waals surface area contributed by atoms with Crippen LogP contribution < -0.4 is 10.2 Å². The third-order valence-corrected chi connectivity index (χ3v) is 4.84. The quantitative estimate of drug-likeness (QED) is 0.833. The number of aromatic nitrogens is 1. The molecule has 0 aliphatic carbocycles. The van der Waals surface area contributed by atoms with Crippen LogP contribution in [0.25, 0.3) is 0 Å². The van der Waals surface area contributed by atoms with Crippen LogP contribution in [0.15, 0.2) is 36.5 Å². The van der Waals surface area contributed by atoms with Crippen molar-refractivity contribution in [2.24, 2.45) is 0 Å². The Morgan fingerprint density at radius 3 is 2.65 bits per heavy atom. The SMILES string of the molecule is C[C@@H](NC(=O)c1ccnc(Cl)c1)c1cc(F)ccc1N1CCN(C)CC1. The van der Waals surface area contributed by atoms with Gasteiger partial charge in [-0.15, -0.1) is 0 Å². The number of nitrogens with one attached hydrogen (secondary N) is 1. The molecule has 2 heterocycles. The van der Waals surface area contributed by atoms with Crippen LogP contribution >= 0.6 is 11.6 Å². The molecule has 26 heavy (non-hydrogen) atoms. The maximum Gasteiger partial charge on any atom is 0.251 e. The number of piperazine rings is 1. The topological polar surface area (TPSA) is 48.5 Å². The number of rotatable bonds is 4. The van der Waals surface area contributed by atoms with Gasteiger partial charge in [-0.3, -0.25) is 4.79 Å². The molecule has 1 aromatic heterocycles. The van der Waals surface area contributed by atoms with Crippen molar-refractivity contribution in [2.75, 3.05) is 38.1 Å². The summed E-state index contributed by atoms with van der Waals surface area (Å²) < 4.78 is 13.9. The van der Waals surface area contributed by atoms with Crippen LogP contribution in [0.4, 0.5) is 10.1 Å².